The van der Waals surface area contributed by atoms with Gasteiger partial charge in [-0.15, -0.1) is 11.3 Å². The van der Waals surface area contributed by atoms with Crippen LogP contribution in [0.2, 0.25) is 0 Å². The fraction of sp³-hybridized carbons (Fsp3) is 0.125. The van der Waals surface area contributed by atoms with E-state index in [0.717, 1.165) is 15.8 Å². The van der Waals surface area contributed by atoms with Crippen LogP contribution in [0, 0.1) is 18.8 Å². The van der Waals surface area contributed by atoms with Crippen LogP contribution < -0.4 is 5.32 Å². The maximum absolute atomic E-state index is 12.3. The number of amides is 1. The second kappa shape index (κ2) is 10.7. The molecule has 2 heterocycles. The van der Waals surface area contributed by atoms with Crippen LogP contribution in [0.4, 0.5) is 10.5 Å². The number of benzene rings is 2. The van der Waals surface area contributed by atoms with Gasteiger partial charge in [-0.1, -0.05) is 53.7 Å². The Kier molecular flexibility index (Phi) is 7.55. The summed E-state index contributed by atoms with van der Waals surface area (Å²) in [4.78, 5) is 29.5. The summed E-state index contributed by atoms with van der Waals surface area (Å²) in [6.45, 7) is 3.56. The number of hydrogen-bond donors (Lipinski definition) is 1. The van der Waals surface area contributed by atoms with Gasteiger partial charge in [-0.25, -0.2) is 4.79 Å². The Morgan fingerprint density at radius 2 is 1.78 bits per heavy atom. The zero-order chi connectivity index (χ0) is 22.9. The number of rotatable bonds is 3. The molecule has 1 unspecified atom stereocenters. The van der Waals surface area contributed by atoms with Crippen molar-refractivity contribution in [3.05, 3.63) is 82.6 Å². The summed E-state index contributed by atoms with van der Waals surface area (Å²) in [6, 6.07) is 19.7. The maximum atomic E-state index is 12.3. The number of anilines is 1. The van der Waals surface area contributed by atoms with Gasteiger partial charge in [0.1, 0.15) is 17.5 Å². The van der Waals surface area contributed by atoms with E-state index in [9.17, 15) is 4.79 Å². The van der Waals surface area contributed by atoms with E-state index in [1.165, 1.54) is 4.70 Å². The van der Waals surface area contributed by atoms with Crippen molar-refractivity contribution < 1.29 is 23.6 Å². The highest BCUT2D eigenvalue weighted by molar-refractivity contribution is 7.19. The van der Waals surface area contributed by atoms with Crippen LogP contribution in [-0.2, 0) is 14.3 Å². The number of nitrogens with one attached hydrogen (secondary N) is 1. The zero-order valence-corrected chi connectivity index (χ0v) is 18.1. The number of aromatic nitrogens is 1. The molecule has 0 spiro atoms. The molecule has 2 aromatic heterocycles. The molecular formula is C24H18N2O5S. The first-order chi connectivity index (χ1) is 15.5. The molecule has 0 saturated heterocycles. The summed E-state index contributed by atoms with van der Waals surface area (Å²) in [6.07, 6.45) is -0.720. The average molecular weight is 446 g/mol. The lowest BCUT2D eigenvalue weighted by Crippen LogP contribution is -2.16. The van der Waals surface area contributed by atoms with Gasteiger partial charge in [0.05, 0.1) is 4.88 Å². The van der Waals surface area contributed by atoms with Crippen LogP contribution in [0.1, 0.15) is 34.9 Å². The summed E-state index contributed by atoms with van der Waals surface area (Å²) in [5.74, 6) is 6.34. The Balaban J connectivity index is 0.000000913. The number of hydrogen-bond acceptors (Lipinski definition) is 7. The molecule has 4 rings (SSSR count). The molecule has 0 bridgehead atoms. The average Bonchev–Trinajstić information content (AvgIpc) is 3.36. The second-order valence-corrected chi connectivity index (χ2v) is 7.62. The van der Waals surface area contributed by atoms with Gasteiger partial charge in [0, 0.05) is 4.70 Å². The quantitative estimate of drug-likeness (QED) is 0.428. The molecule has 0 fully saturated rings. The maximum Gasteiger partial charge on any atom is 0.412 e. The Labute approximate surface area is 188 Å². The van der Waals surface area contributed by atoms with Crippen molar-refractivity contribution in [3.63, 3.8) is 0 Å². The Hall–Kier alpha value is -4.18. The van der Waals surface area contributed by atoms with Gasteiger partial charge in [0.25, 0.3) is 0 Å². The zero-order valence-electron chi connectivity index (χ0n) is 17.2. The third-order valence-corrected chi connectivity index (χ3v) is 5.40. The van der Waals surface area contributed by atoms with Crippen molar-refractivity contribution >= 4 is 39.4 Å². The Morgan fingerprint density at radius 3 is 2.50 bits per heavy atom. The molecule has 1 amide bonds. The molecule has 0 saturated carbocycles. The summed E-state index contributed by atoms with van der Waals surface area (Å²) in [7, 11) is 0. The van der Waals surface area contributed by atoms with Crippen LogP contribution in [0.15, 0.2) is 65.2 Å². The van der Waals surface area contributed by atoms with Crippen molar-refractivity contribution in [1.82, 2.24) is 5.16 Å². The summed E-state index contributed by atoms with van der Waals surface area (Å²) >= 11 is 1.60. The SMILES string of the molecule is Cc1noc(C#Cc2cc3ccccc3s2)c1NC(=O)OC(C)c1ccccc1.O=C=O. The highest BCUT2D eigenvalue weighted by atomic mass is 32.1. The lowest BCUT2D eigenvalue weighted by atomic mass is 10.1. The molecule has 2 aromatic carbocycles. The van der Waals surface area contributed by atoms with E-state index in [2.05, 4.69) is 28.4 Å². The van der Waals surface area contributed by atoms with E-state index in [1.54, 1.807) is 18.3 Å². The number of carbonyl (C=O) groups is 1. The summed E-state index contributed by atoms with van der Waals surface area (Å²) < 4.78 is 11.9. The molecule has 0 aliphatic heterocycles. The number of fused-ring (bicyclic) bond motifs is 1. The molecule has 1 N–H and O–H groups in total. The van der Waals surface area contributed by atoms with Gasteiger partial charge in [-0.3, -0.25) is 5.32 Å². The first-order valence-corrected chi connectivity index (χ1v) is 10.3. The lowest BCUT2D eigenvalue weighted by molar-refractivity contribution is -0.191. The Bertz CT molecular complexity index is 1280. The number of carbonyl (C=O) groups excluding carboxylic acids is 3. The second-order valence-electron chi connectivity index (χ2n) is 6.54. The van der Waals surface area contributed by atoms with Crippen molar-refractivity contribution in [2.45, 2.75) is 20.0 Å². The van der Waals surface area contributed by atoms with Crippen molar-refractivity contribution in [1.29, 1.82) is 0 Å². The minimum atomic E-state index is -0.586. The molecule has 160 valence electrons. The smallest absolute Gasteiger partial charge is 0.412 e. The van der Waals surface area contributed by atoms with Gasteiger partial charge >= 0.3 is 12.2 Å². The van der Waals surface area contributed by atoms with E-state index in [4.69, 9.17) is 18.8 Å². The number of nitrogens with zero attached hydrogens (tertiary/aromatic N) is 1. The Morgan fingerprint density at radius 1 is 1.09 bits per heavy atom. The predicted molar refractivity (Wildman–Crippen MR) is 119 cm³/mol. The van der Waals surface area contributed by atoms with Gasteiger partial charge in [0.15, 0.2) is 0 Å². The third kappa shape index (κ3) is 5.70. The molecule has 4 aromatic rings. The number of aryl methyl sites for hydroxylation is 1. The van der Waals surface area contributed by atoms with Gasteiger partial charge < -0.3 is 9.26 Å². The molecule has 1 atom stereocenters. The van der Waals surface area contributed by atoms with Gasteiger partial charge in [-0.2, -0.15) is 9.59 Å². The van der Waals surface area contributed by atoms with Crippen molar-refractivity contribution in [2.75, 3.05) is 5.32 Å². The monoisotopic (exact) mass is 446 g/mol. The fourth-order valence-electron chi connectivity index (χ4n) is 2.85. The van der Waals surface area contributed by atoms with Crippen LogP contribution in [0.25, 0.3) is 10.1 Å². The van der Waals surface area contributed by atoms with Crippen LogP contribution in [0.3, 0.4) is 0 Å². The fourth-order valence-corrected chi connectivity index (χ4v) is 3.76. The van der Waals surface area contributed by atoms with Crippen molar-refractivity contribution in [3.8, 4) is 11.8 Å². The minimum absolute atomic E-state index is 0.250. The molecule has 0 aliphatic rings. The molecule has 32 heavy (non-hydrogen) atoms. The molecular weight excluding hydrogens is 428 g/mol. The lowest BCUT2D eigenvalue weighted by Gasteiger charge is -2.13. The van der Waals surface area contributed by atoms with Crippen LogP contribution in [0.5, 0.6) is 0 Å². The van der Waals surface area contributed by atoms with Crippen LogP contribution in [-0.4, -0.2) is 17.4 Å². The normalized spacial score (nSPS) is 10.7. The minimum Gasteiger partial charge on any atom is -0.441 e. The van der Waals surface area contributed by atoms with E-state index >= 15 is 0 Å². The largest absolute Gasteiger partial charge is 0.441 e. The number of thiophene rings is 1. The van der Waals surface area contributed by atoms with E-state index < -0.39 is 6.09 Å². The highest BCUT2D eigenvalue weighted by Gasteiger charge is 2.17. The van der Waals surface area contributed by atoms with Gasteiger partial charge in [0.2, 0.25) is 5.76 Å². The topological polar surface area (TPSA) is 98.5 Å². The molecule has 7 nitrogen and oxygen atoms in total. The predicted octanol–water partition coefficient (Wildman–Crippen LogP) is 5.32. The first-order valence-electron chi connectivity index (χ1n) is 9.50. The first kappa shape index (κ1) is 22.5. The van der Waals surface area contributed by atoms with Crippen LogP contribution >= 0.6 is 11.3 Å². The van der Waals surface area contributed by atoms with Gasteiger partial charge in [-0.05, 0) is 48.8 Å². The molecule has 8 heteroatoms. The van der Waals surface area contributed by atoms with E-state index in [1.807, 2.05) is 61.5 Å². The summed E-state index contributed by atoms with van der Waals surface area (Å²) in [5, 5.41) is 7.77. The molecule has 0 radical (unpaired) electrons. The molecule has 0 aliphatic carbocycles. The van der Waals surface area contributed by atoms with E-state index in [0.29, 0.717) is 17.1 Å². The standard InChI is InChI=1S/C23H18N2O3S.CO2/c1-15-22(24-23(26)27-16(2)17-8-4-3-5-9-17)20(28-25-15)13-12-19-14-18-10-6-7-11-21(18)29-19;2-1-3/h3-11,14,16H,1-2H3,(H,24,26);. The van der Waals surface area contributed by atoms with Crippen molar-refractivity contribution in [2.24, 2.45) is 0 Å². The highest BCUT2D eigenvalue weighted by Crippen LogP contribution is 2.25. The summed E-state index contributed by atoms with van der Waals surface area (Å²) in [5.41, 5.74) is 1.87. The van der Waals surface area contributed by atoms with E-state index in [-0.39, 0.29) is 12.3 Å². The number of ether oxygens (including phenoxy) is 1. The third-order valence-electron chi connectivity index (χ3n) is 4.37.